The molecular formula is C4H5F6O5P. The summed E-state index contributed by atoms with van der Waals surface area (Å²) in [6.45, 7) is 0. The molecule has 2 N–H and O–H groups in total. The molecule has 0 fully saturated rings. The van der Waals surface area contributed by atoms with Crippen LogP contribution in [0.2, 0.25) is 0 Å². The van der Waals surface area contributed by atoms with Gasteiger partial charge in [-0.3, -0.25) is 13.6 Å². The average Bonchev–Trinajstić information content (AvgIpc) is 1.99. The third-order valence-corrected chi connectivity index (χ3v) is 1.81. The van der Waals surface area contributed by atoms with Gasteiger partial charge in [0.25, 0.3) is 12.6 Å². The highest BCUT2D eigenvalue weighted by Crippen LogP contribution is 2.36. The lowest BCUT2D eigenvalue weighted by Gasteiger charge is -2.17. The maximum atomic E-state index is 11.5. The van der Waals surface area contributed by atoms with Gasteiger partial charge in [0.05, 0.1) is 0 Å². The van der Waals surface area contributed by atoms with E-state index >= 15 is 0 Å². The normalized spacial score (nSPS) is 19.2. The second kappa shape index (κ2) is 5.32. The van der Waals surface area contributed by atoms with Crippen LogP contribution in [0, 0.1) is 0 Å². The van der Waals surface area contributed by atoms with E-state index < -0.39 is 33.2 Å². The quantitative estimate of drug-likeness (QED) is 0.458. The highest BCUT2D eigenvalue weighted by atomic mass is 31.1. The van der Waals surface area contributed by atoms with E-state index in [4.69, 9.17) is 10.2 Å². The minimum Gasteiger partial charge on any atom is -0.361 e. The van der Waals surface area contributed by atoms with Gasteiger partial charge in [0, 0.05) is 0 Å². The van der Waals surface area contributed by atoms with Gasteiger partial charge in [-0.15, -0.1) is 0 Å². The summed E-state index contributed by atoms with van der Waals surface area (Å²) in [6.07, 6.45) is -17.8. The molecule has 2 atom stereocenters. The van der Waals surface area contributed by atoms with Gasteiger partial charge in [0.15, 0.2) is 0 Å². The molecule has 0 saturated carbocycles. The number of alkyl halides is 6. The number of aliphatic hydroxyl groups excluding tert-OH is 2. The molecule has 0 heterocycles. The van der Waals surface area contributed by atoms with Crippen LogP contribution >= 0.6 is 8.25 Å². The molecule has 0 amide bonds. The van der Waals surface area contributed by atoms with Gasteiger partial charge >= 0.3 is 20.6 Å². The van der Waals surface area contributed by atoms with Crippen molar-refractivity contribution in [2.45, 2.75) is 24.9 Å². The Balaban J connectivity index is 4.21. The minimum absolute atomic E-state index is 3.18. The van der Waals surface area contributed by atoms with Crippen LogP contribution in [0.25, 0.3) is 0 Å². The van der Waals surface area contributed by atoms with E-state index in [0.29, 0.717) is 0 Å². The number of halogens is 6. The number of rotatable bonds is 4. The summed E-state index contributed by atoms with van der Waals surface area (Å²) in [5, 5.41) is 16.2. The Bertz CT molecular complexity index is 226. The largest absolute Gasteiger partial charge is 0.440 e. The lowest BCUT2D eigenvalue weighted by atomic mass is 10.6. The molecule has 0 aromatic rings. The highest BCUT2D eigenvalue weighted by molar-refractivity contribution is 7.33. The van der Waals surface area contributed by atoms with Crippen molar-refractivity contribution in [1.82, 2.24) is 0 Å². The Kier molecular flexibility index (Phi) is 5.20. The fourth-order valence-corrected chi connectivity index (χ4v) is 1.03. The van der Waals surface area contributed by atoms with Crippen LogP contribution in [0.5, 0.6) is 0 Å². The Morgan fingerprint density at radius 3 is 1.31 bits per heavy atom. The standard InChI is InChI=1S/C4H5F6O5P/c5-3(6,7)1(11)14-16(13)15-2(12)4(8,9)10/h1-2,11-12,16H. The van der Waals surface area contributed by atoms with Gasteiger partial charge in [-0.2, -0.15) is 26.3 Å². The molecule has 12 heteroatoms. The zero-order chi connectivity index (χ0) is 13.1. The van der Waals surface area contributed by atoms with Gasteiger partial charge in [-0.05, 0) is 0 Å². The summed E-state index contributed by atoms with van der Waals surface area (Å²) in [7, 11) is -4.34. The summed E-state index contributed by atoms with van der Waals surface area (Å²) in [5.41, 5.74) is 0. The number of hydrogen-bond donors (Lipinski definition) is 2. The molecule has 0 aliphatic rings. The van der Waals surface area contributed by atoms with Crippen molar-refractivity contribution >= 4 is 8.25 Å². The smallest absolute Gasteiger partial charge is 0.361 e. The van der Waals surface area contributed by atoms with E-state index in [1.807, 2.05) is 0 Å². The first kappa shape index (κ1) is 15.7. The second-order valence-corrected chi connectivity index (χ2v) is 3.25. The second-order valence-electron chi connectivity index (χ2n) is 2.27. The lowest BCUT2D eigenvalue weighted by molar-refractivity contribution is -0.281. The number of aliphatic hydroxyl groups is 2. The first-order valence-corrected chi connectivity index (χ1v) is 4.54. The molecule has 0 aromatic carbocycles. The summed E-state index contributed by atoms with van der Waals surface area (Å²) in [4.78, 5) is 0. The third-order valence-electron chi connectivity index (χ3n) is 0.976. The average molecular weight is 278 g/mol. The highest BCUT2D eigenvalue weighted by Gasteiger charge is 2.44. The molecular weight excluding hydrogens is 273 g/mol. The van der Waals surface area contributed by atoms with Gasteiger partial charge in [0.2, 0.25) is 0 Å². The summed E-state index contributed by atoms with van der Waals surface area (Å²) in [5.74, 6) is 0. The Hall–Kier alpha value is -0.350. The predicted molar refractivity (Wildman–Crippen MR) is 35.3 cm³/mol. The predicted octanol–water partition coefficient (Wildman–Crippen LogP) is 1.17. The first-order chi connectivity index (χ1) is 6.94. The van der Waals surface area contributed by atoms with Crippen LogP contribution in [0.4, 0.5) is 26.3 Å². The van der Waals surface area contributed by atoms with Crippen molar-refractivity contribution in [3.05, 3.63) is 0 Å². The van der Waals surface area contributed by atoms with Crippen LogP contribution in [-0.2, 0) is 13.6 Å². The van der Waals surface area contributed by atoms with Crippen LogP contribution in [0.15, 0.2) is 0 Å². The molecule has 16 heavy (non-hydrogen) atoms. The monoisotopic (exact) mass is 278 g/mol. The van der Waals surface area contributed by atoms with Crippen LogP contribution in [-0.4, -0.2) is 35.1 Å². The van der Waals surface area contributed by atoms with Crippen molar-refractivity contribution in [2.24, 2.45) is 0 Å². The summed E-state index contributed by atoms with van der Waals surface area (Å²) >= 11 is 0. The number of hydrogen-bond acceptors (Lipinski definition) is 5. The van der Waals surface area contributed by atoms with Crippen molar-refractivity contribution in [3.8, 4) is 0 Å². The Morgan fingerprint density at radius 1 is 0.875 bits per heavy atom. The molecule has 0 radical (unpaired) electrons. The van der Waals surface area contributed by atoms with Gasteiger partial charge in [0.1, 0.15) is 0 Å². The van der Waals surface area contributed by atoms with Gasteiger partial charge in [-0.25, -0.2) is 0 Å². The van der Waals surface area contributed by atoms with Crippen molar-refractivity contribution in [1.29, 1.82) is 0 Å². The van der Waals surface area contributed by atoms with E-state index in [1.165, 1.54) is 0 Å². The van der Waals surface area contributed by atoms with Crippen LogP contribution < -0.4 is 0 Å². The summed E-state index contributed by atoms with van der Waals surface area (Å²) in [6, 6.07) is 0. The SMILES string of the molecule is O=[PH](OC(O)C(F)(F)F)OC(O)C(F)(F)F. The fraction of sp³-hybridized carbons (Fsp3) is 1.00. The molecule has 0 saturated heterocycles. The van der Waals surface area contributed by atoms with Gasteiger partial charge in [-0.1, -0.05) is 0 Å². The van der Waals surface area contributed by atoms with Crippen molar-refractivity contribution in [2.75, 3.05) is 0 Å². The molecule has 0 aliphatic heterocycles. The lowest BCUT2D eigenvalue weighted by Crippen LogP contribution is -2.32. The van der Waals surface area contributed by atoms with Crippen LogP contribution in [0.3, 0.4) is 0 Å². The fourth-order valence-electron chi connectivity index (χ4n) is 0.344. The maximum absolute atomic E-state index is 11.5. The first-order valence-electron chi connectivity index (χ1n) is 3.31. The topological polar surface area (TPSA) is 76.0 Å². The zero-order valence-electron chi connectivity index (χ0n) is 7.04. The molecule has 2 unspecified atom stereocenters. The van der Waals surface area contributed by atoms with E-state index in [1.54, 1.807) is 0 Å². The van der Waals surface area contributed by atoms with E-state index in [9.17, 15) is 30.9 Å². The Labute approximate surface area is 84.5 Å². The van der Waals surface area contributed by atoms with E-state index in [0.717, 1.165) is 0 Å². The van der Waals surface area contributed by atoms with E-state index in [2.05, 4.69) is 9.05 Å². The van der Waals surface area contributed by atoms with E-state index in [-0.39, 0.29) is 0 Å². The molecule has 0 spiro atoms. The molecule has 98 valence electrons. The molecule has 0 bridgehead atoms. The molecule has 5 nitrogen and oxygen atoms in total. The van der Waals surface area contributed by atoms with Gasteiger partial charge < -0.3 is 10.2 Å². The zero-order valence-corrected chi connectivity index (χ0v) is 8.04. The third kappa shape index (κ3) is 5.66. The minimum atomic E-state index is -5.33. The Morgan fingerprint density at radius 2 is 1.12 bits per heavy atom. The van der Waals surface area contributed by atoms with Crippen molar-refractivity contribution in [3.63, 3.8) is 0 Å². The molecule has 0 rings (SSSR count). The maximum Gasteiger partial charge on any atom is 0.440 e. The van der Waals surface area contributed by atoms with Crippen molar-refractivity contribution < 1.29 is 50.2 Å². The van der Waals surface area contributed by atoms with Crippen LogP contribution in [0.1, 0.15) is 0 Å². The molecule has 0 aliphatic carbocycles. The molecule has 0 aromatic heterocycles. The summed E-state index contributed by atoms with van der Waals surface area (Å²) < 4.78 is 86.0.